The zero-order valence-electron chi connectivity index (χ0n) is 9.79. The van der Waals surface area contributed by atoms with Crippen LogP contribution in [0.15, 0.2) is 22.7 Å². The van der Waals surface area contributed by atoms with Crippen LogP contribution in [0, 0.1) is 11.7 Å². The molecule has 4 heteroatoms. The zero-order chi connectivity index (χ0) is 12.4. The summed E-state index contributed by atoms with van der Waals surface area (Å²) in [5, 5.41) is 13.5. The van der Waals surface area contributed by atoms with E-state index in [9.17, 15) is 9.50 Å². The normalized spacial score (nSPS) is 26.8. The van der Waals surface area contributed by atoms with Crippen molar-refractivity contribution in [1.82, 2.24) is 5.32 Å². The largest absolute Gasteiger partial charge is 0.387 e. The van der Waals surface area contributed by atoms with Gasteiger partial charge >= 0.3 is 0 Å². The molecule has 1 saturated heterocycles. The Labute approximate surface area is 109 Å². The molecule has 94 valence electrons. The maximum Gasteiger partial charge on any atom is 0.130 e. The molecule has 0 amide bonds. The summed E-state index contributed by atoms with van der Waals surface area (Å²) in [4.78, 5) is 0. The first kappa shape index (κ1) is 13.0. The Balaban J connectivity index is 2.15. The minimum Gasteiger partial charge on any atom is -0.387 e. The predicted molar refractivity (Wildman–Crippen MR) is 69.2 cm³/mol. The van der Waals surface area contributed by atoms with Gasteiger partial charge in [0, 0.05) is 16.1 Å². The van der Waals surface area contributed by atoms with Gasteiger partial charge in [-0.25, -0.2) is 4.39 Å². The molecule has 1 aliphatic rings. The van der Waals surface area contributed by atoms with Crippen molar-refractivity contribution in [2.45, 2.75) is 31.9 Å². The lowest BCUT2D eigenvalue weighted by Gasteiger charge is -2.32. The van der Waals surface area contributed by atoms with Crippen molar-refractivity contribution in [2.24, 2.45) is 5.92 Å². The van der Waals surface area contributed by atoms with Gasteiger partial charge < -0.3 is 10.4 Å². The van der Waals surface area contributed by atoms with E-state index in [0.29, 0.717) is 16.0 Å². The number of piperidine rings is 1. The van der Waals surface area contributed by atoms with Crippen molar-refractivity contribution >= 4 is 15.9 Å². The molecule has 2 N–H and O–H groups in total. The third-order valence-electron chi connectivity index (χ3n) is 3.36. The van der Waals surface area contributed by atoms with Crippen LogP contribution in [-0.2, 0) is 0 Å². The molecule has 0 bridgehead atoms. The first-order valence-electron chi connectivity index (χ1n) is 5.94. The molecule has 2 nitrogen and oxygen atoms in total. The molecule has 1 aromatic carbocycles. The lowest BCUT2D eigenvalue weighted by molar-refractivity contribution is 0.0981. The van der Waals surface area contributed by atoms with Gasteiger partial charge in [-0.3, -0.25) is 0 Å². The lowest BCUT2D eigenvalue weighted by Crippen LogP contribution is -2.41. The zero-order valence-corrected chi connectivity index (χ0v) is 11.4. The Morgan fingerprint density at radius 2 is 2.29 bits per heavy atom. The van der Waals surface area contributed by atoms with Gasteiger partial charge in [-0.15, -0.1) is 0 Å². The molecule has 0 aromatic heterocycles. The van der Waals surface area contributed by atoms with Gasteiger partial charge in [0.1, 0.15) is 5.82 Å². The Kier molecular flexibility index (Phi) is 4.17. The fraction of sp³-hybridized carbons (Fsp3) is 0.538. The van der Waals surface area contributed by atoms with Gasteiger partial charge in [0.25, 0.3) is 0 Å². The molecule has 1 heterocycles. The molecule has 0 radical (unpaired) electrons. The lowest BCUT2D eigenvalue weighted by atomic mass is 9.88. The Bertz CT molecular complexity index is 399. The number of aliphatic hydroxyl groups excluding tert-OH is 1. The highest BCUT2D eigenvalue weighted by molar-refractivity contribution is 9.10. The van der Waals surface area contributed by atoms with Crippen molar-refractivity contribution in [3.05, 3.63) is 34.1 Å². The molecular formula is C13H17BrFNO. The van der Waals surface area contributed by atoms with E-state index >= 15 is 0 Å². The van der Waals surface area contributed by atoms with Crippen molar-refractivity contribution in [3.8, 4) is 0 Å². The number of nitrogens with one attached hydrogen (secondary N) is 1. The van der Waals surface area contributed by atoms with Crippen molar-refractivity contribution in [1.29, 1.82) is 0 Å². The molecule has 17 heavy (non-hydrogen) atoms. The van der Waals surface area contributed by atoms with Crippen LogP contribution in [0.4, 0.5) is 4.39 Å². The van der Waals surface area contributed by atoms with Gasteiger partial charge in [0.15, 0.2) is 0 Å². The standard InChI is InChI=1S/C13H17BrFNO/c1-8-4-5-16-12(6-8)13(17)10-3-2-9(14)7-11(10)15/h2-3,7-8,12-13,16-17H,4-6H2,1H3. The molecule has 0 aliphatic carbocycles. The average Bonchev–Trinajstić information content (AvgIpc) is 2.28. The smallest absolute Gasteiger partial charge is 0.130 e. The van der Waals surface area contributed by atoms with E-state index < -0.39 is 6.10 Å². The van der Waals surface area contributed by atoms with Crippen LogP contribution >= 0.6 is 15.9 Å². The van der Waals surface area contributed by atoms with E-state index in [1.165, 1.54) is 6.07 Å². The van der Waals surface area contributed by atoms with E-state index in [4.69, 9.17) is 0 Å². The molecule has 2 rings (SSSR count). The summed E-state index contributed by atoms with van der Waals surface area (Å²) in [5.74, 6) is 0.223. The third kappa shape index (κ3) is 3.06. The SMILES string of the molecule is CC1CCNC(C(O)c2ccc(Br)cc2F)C1. The summed E-state index contributed by atoms with van der Waals surface area (Å²) >= 11 is 3.21. The van der Waals surface area contributed by atoms with Gasteiger partial charge in [0.05, 0.1) is 6.10 Å². The first-order valence-corrected chi connectivity index (χ1v) is 6.73. The van der Waals surface area contributed by atoms with E-state index in [1.54, 1.807) is 12.1 Å². The monoisotopic (exact) mass is 301 g/mol. The van der Waals surface area contributed by atoms with Crippen molar-refractivity contribution < 1.29 is 9.50 Å². The fourth-order valence-corrected chi connectivity index (χ4v) is 2.68. The second kappa shape index (κ2) is 5.46. The van der Waals surface area contributed by atoms with Crippen LogP contribution in [0.25, 0.3) is 0 Å². The summed E-state index contributed by atoms with van der Waals surface area (Å²) in [7, 11) is 0. The molecule has 3 unspecified atom stereocenters. The van der Waals surface area contributed by atoms with Crippen LogP contribution in [0.1, 0.15) is 31.4 Å². The topological polar surface area (TPSA) is 32.3 Å². The van der Waals surface area contributed by atoms with E-state index in [1.807, 2.05) is 0 Å². The highest BCUT2D eigenvalue weighted by Crippen LogP contribution is 2.28. The van der Waals surface area contributed by atoms with E-state index in [-0.39, 0.29) is 11.9 Å². The summed E-state index contributed by atoms with van der Waals surface area (Å²) < 4.78 is 14.4. The van der Waals surface area contributed by atoms with Gasteiger partial charge in [0.2, 0.25) is 0 Å². The third-order valence-corrected chi connectivity index (χ3v) is 3.86. The molecule has 0 saturated carbocycles. The van der Waals surface area contributed by atoms with Crippen LogP contribution < -0.4 is 5.32 Å². The summed E-state index contributed by atoms with van der Waals surface area (Å²) in [6, 6.07) is 4.75. The Hall–Kier alpha value is -0.450. The van der Waals surface area contributed by atoms with Crippen LogP contribution in [0.3, 0.4) is 0 Å². The number of aliphatic hydroxyl groups is 1. The average molecular weight is 302 g/mol. The first-order chi connectivity index (χ1) is 8.08. The maximum atomic E-state index is 13.7. The number of halogens is 2. The fourth-order valence-electron chi connectivity index (χ4n) is 2.35. The second-order valence-corrected chi connectivity index (χ2v) is 5.72. The molecule has 1 aliphatic heterocycles. The van der Waals surface area contributed by atoms with Crippen LogP contribution in [0.2, 0.25) is 0 Å². The molecule has 1 aromatic rings. The summed E-state index contributed by atoms with van der Waals surface area (Å²) in [5.41, 5.74) is 0.375. The number of hydrogen-bond donors (Lipinski definition) is 2. The molecule has 3 atom stereocenters. The second-order valence-electron chi connectivity index (χ2n) is 4.80. The quantitative estimate of drug-likeness (QED) is 0.880. The Morgan fingerprint density at radius 3 is 2.94 bits per heavy atom. The summed E-state index contributed by atoms with van der Waals surface area (Å²) in [6.45, 7) is 3.06. The highest BCUT2D eigenvalue weighted by atomic mass is 79.9. The Morgan fingerprint density at radius 1 is 1.53 bits per heavy atom. The van der Waals surface area contributed by atoms with Crippen molar-refractivity contribution in [3.63, 3.8) is 0 Å². The number of benzene rings is 1. The minimum atomic E-state index is -0.772. The highest BCUT2D eigenvalue weighted by Gasteiger charge is 2.27. The minimum absolute atomic E-state index is 0.0468. The van der Waals surface area contributed by atoms with Crippen molar-refractivity contribution in [2.75, 3.05) is 6.54 Å². The van der Waals surface area contributed by atoms with Crippen LogP contribution in [-0.4, -0.2) is 17.7 Å². The van der Waals surface area contributed by atoms with E-state index in [2.05, 4.69) is 28.2 Å². The molecule has 1 fully saturated rings. The van der Waals surface area contributed by atoms with Gasteiger partial charge in [-0.2, -0.15) is 0 Å². The van der Waals surface area contributed by atoms with Gasteiger partial charge in [-0.05, 0) is 37.4 Å². The molecule has 0 spiro atoms. The predicted octanol–water partition coefficient (Wildman–Crippen LogP) is 3.01. The maximum absolute atomic E-state index is 13.7. The van der Waals surface area contributed by atoms with Crippen LogP contribution in [0.5, 0.6) is 0 Å². The van der Waals surface area contributed by atoms with E-state index in [0.717, 1.165) is 19.4 Å². The number of hydrogen-bond acceptors (Lipinski definition) is 2. The number of rotatable bonds is 2. The van der Waals surface area contributed by atoms with Gasteiger partial charge in [-0.1, -0.05) is 28.9 Å². The summed E-state index contributed by atoms with van der Waals surface area (Å²) in [6.07, 6.45) is 1.23. The molecular weight excluding hydrogens is 285 g/mol.